The molecule has 1 N–H and O–H groups in total. The Morgan fingerprint density at radius 1 is 1.22 bits per heavy atom. The molecule has 168 valence electrons. The normalized spacial score (nSPS) is 17.5. The second-order valence-electron chi connectivity index (χ2n) is 8.30. The molecule has 3 aromatic rings. The van der Waals surface area contributed by atoms with Crippen LogP contribution in [0, 0.1) is 0 Å². The minimum atomic E-state index is -0.404. The fourth-order valence-corrected chi connectivity index (χ4v) is 5.34. The molecule has 0 radical (unpaired) electrons. The largest absolute Gasteiger partial charge is 0.383 e. The standard InChI is InChI=1S/C25H29N3O3S/c1-16(15-31-3)28-24(30)20-12-6-7-13-22(20)27-25(28)32-17(2)23(29)26-21-14-8-10-18-9-4-5-11-19(18)21/h4-7,9,11-13,16-17,21H,8,10,14-15H2,1-3H3,(H,26,29). The van der Waals surface area contributed by atoms with E-state index in [-0.39, 0.29) is 23.6 Å². The van der Waals surface area contributed by atoms with E-state index in [0.717, 1.165) is 19.3 Å². The number of hydrogen-bond acceptors (Lipinski definition) is 5. The van der Waals surface area contributed by atoms with E-state index in [0.29, 0.717) is 22.7 Å². The number of thioether (sulfide) groups is 1. The van der Waals surface area contributed by atoms with Gasteiger partial charge in [0.1, 0.15) is 0 Å². The first kappa shape index (κ1) is 22.6. The lowest BCUT2D eigenvalue weighted by Crippen LogP contribution is -2.36. The van der Waals surface area contributed by atoms with Gasteiger partial charge in [-0.1, -0.05) is 48.2 Å². The monoisotopic (exact) mass is 451 g/mol. The van der Waals surface area contributed by atoms with Crippen LogP contribution in [0.15, 0.2) is 58.5 Å². The SMILES string of the molecule is COCC(C)n1c(SC(C)C(=O)NC2CCCc3ccccc32)nc2ccccc2c1=O. The van der Waals surface area contributed by atoms with Crippen LogP contribution >= 0.6 is 11.8 Å². The minimum absolute atomic E-state index is 0.0228. The number of carbonyl (C=O) groups is 1. The fraction of sp³-hybridized carbons (Fsp3) is 0.400. The summed E-state index contributed by atoms with van der Waals surface area (Å²) < 4.78 is 6.94. The van der Waals surface area contributed by atoms with Gasteiger partial charge in [0.25, 0.3) is 5.56 Å². The van der Waals surface area contributed by atoms with Gasteiger partial charge in [0.15, 0.2) is 5.16 Å². The number of hydrogen-bond donors (Lipinski definition) is 1. The van der Waals surface area contributed by atoms with Crippen molar-refractivity contribution in [3.05, 3.63) is 70.0 Å². The molecule has 1 aliphatic carbocycles. The molecule has 0 saturated heterocycles. The van der Waals surface area contributed by atoms with E-state index >= 15 is 0 Å². The number of fused-ring (bicyclic) bond motifs is 2. The average Bonchev–Trinajstić information content (AvgIpc) is 2.79. The van der Waals surface area contributed by atoms with Gasteiger partial charge in [-0.05, 0) is 56.4 Å². The number of aromatic nitrogens is 2. The molecule has 0 fully saturated rings. The second-order valence-corrected chi connectivity index (χ2v) is 9.61. The Balaban J connectivity index is 1.59. The van der Waals surface area contributed by atoms with Crippen molar-refractivity contribution in [2.24, 2.45) is 0 Å². The maximum atomic E-state index is 13.2. The van der Waals surface area contributed by atoms with Crippen LogP contribution in [0.3, 0.4) is 0 Å². The summed E-state index contributed by atoms with van der Waals surface area (Å²) in [5.74, 6) is -0.0509. The number of carbonyl (C=O) groups excluding carboxylic acids is 1. The molecule has 1 heterocycles. The van der Waals surface area contributed by atoms with Gasteiger partial charge in [0.05, 0.1) is 34.8 Å². The molecule has 3 unspecified atom stereocenters. The smallest absolute Gasteiger partial charge is 0.262 e. The Morgan fingerprint density at radius 3 is 2.78 bits per heavy atom. The number of rotatable bonds is 7. The van der Waals surface area contributed by atoms with Gasteiger partial charge in [-0.25, -0.2) is 4.98 Å². The van der Waals surface area contributed by atoms with Crippen LogP contribution in [0.25, 0.3) is 10.9 Å². The van der Waals surface area contributed by atoms with Gasteiger partial charge in [-0.3, -0.25) is 14.2 Å². The first-order valence-electron chi connectivity index (χ1n) is 11.0. The zero-order valence-electron chi connectivity index (χ0n) is 18.7. The molecule has 3 atom stereocenters. The van der Waals surface area contributed by atoms with E-state index in [2.05, 4.69) is 17.4 Å². The molecule has 0 aliphatic heterocycles. The van der Waals surface area contributed by atoms with Crippen molar-refractivity contribution >= 4 is 28.6 Å². The highest BCUT2D eigenvalue weighted by molar-refractivity contribution is 8.00. The summed E-state index contributed by atoms with van der Waals surface area (Å²) in [5, 5.41) is 3.91. The van der Waals surface area contributed by atoms with E-state index in [9.17, 15) is 9.59 Å². The van der Waals surface area contributed by atoms with E-state index in [1.807, 2.05) is 44.2 Å². The van der Waals surface area contributed by atoms with Crippen molar-refractivity contribution in [3.63, 3.8) is 0 Å². The van der Waals surface area contributed by atoms with Gasteiger partial charge in [-0.15, -0.1) is 0 Å². The third-order valence-corrected chi connectivity index (χ3v) is 7.03. The van der Waals surface area contributed by atoms with Crippen LogP contribution in [-0.4, -0.2) is 34.4 Å². The number of nitrogens with zero attached hydrogens (tertiary/aromatic N) is 2. The number of amides is 1. The van der Waals surface area contributed by atoms with E-state index in [4.69, 9.17) is 9.72 Å². The van der Waals surface area contributed by atoms with Crippen LogP contribution in [0.1, 0.15) is 49.9 Å². The summed E-state index contributed by atoms with van der Waals surface area (Å²) in [7, 11) is 1.61. The van der Waals surface area contributed by atoms with Crippen molar-refractivity contribution in [3.8, 4) is 0 Å². The van der Waals surface area contributed by atoms with Gasteiger partial charge in [-0.2, -0.15) is 0 Å². The summed E-state index contributed by atoms with van der Waals surface area (Å²) in [5.41, 5.74) is 3.03. The van der Waals surface area contributed by atoms with Crippen LogP contribution in [0.2, 0.25) is 0 Å². The molecule has 0 bridgehead atoms. The molecule has 4 rings (SSSR count). The lowest BCUT2D eigenvalue weighted by atomic mass is 9.88. The zero-order valence-corrected chi connectivity index (χ0v) is 19.5. The summed E-state index contributed by atoms with van der Waals surface area (Å²) in [6.45, 7) is 4.17. The van der Waals surface area contributed by atoms with Gasteiger partial charge >= 0.3 is 0 Å². The maximum Gasteiger partial charge on any atom is 0.262 e. The number of ether oxygens (including phenoxy) is 1. The van der Waals surface area contributed by atoms with Crippen molar-refractivity contribution in [1.29, 1.82) is 0 Å². The Bertz CT molecular complexity index is 1180. The van der Waals surface area contributed by atoms with Gasteiger partial charge in [0, 0.05) is 7.11 Å². The predicted octanol–water partition coefficient (Wildman–Crippen LogP) is 4.28. The lowest BCUT2D eigenvalue weighted by molar-refractivity contribution is -0.121. The number of methoxy groups -OCH3 is 1. The molecule has 0 spiro atoms. The predicted molar refractivity (Wildman–Crippen MR) is 128 cm³/mol. The summed E-state index contributed by atoms with van der Waals surface area (Å²) in [4.78, 5) is 31.1. The van der Waals surface area contributed by atoms with Crippen molar-refractivity contribution in [2.75, 3.05) is 13.7 Å². The quantitative estimate of drug-likeness (QED) is 0.429. The molecular formula is C25H29N3O3S. The van der Waals surface area contributed by atoms with Gasteiger partial charge < -0.3 is 10.1 Å². The molecule has 7 heteroatoms. The lowest BCUT2D eigenvalue weighted by Gasteiger charge is -2.27. The third kappa shape index (κ3) is 4.59. The number of aryl methyl sites for hydroxylation is 1. The van der Waals surface area contributed by atoms with Crippen LogP contribution in [0.4, 0.5) is 0 Å². The van der Waals surface area contributed by atoms with E-state index < -0.39 is 5.25 Å². The van der Waals surface area contributed by atoms with Crippen LogP contribution in [-0.2, 0) is 16.0 Å². The Labute approximate surface area is 192 Å². The maximum absolute atomic E-state index is 13.2. The second kappa shape index (κ2) is 9.88. The molecule has 32 heavy (non-hydrogen) atoms. The summed E-state index contributed by atoms with van der Waals surface area (Å²) in [6.07, 6.45) is 3.05. The Kier molecular flexibility index (Phi) is 6.96. The van der Waals surface area contributed by atoms with Crippen LogP contribution in [0.5, 0.6) is 0 Å². The van der Waals surface area contributed by atoms with Crippen molar-refractivity contribution in [2.45, 2.75) is 55.6 Å². The molecule has 1 aliphatic rings. The average molecular weight is 452 g/mol. The minimum Gasteiger partial charge on any atom is -0.383 e. The first-order chi connectivity index (χ1) is 15.5. The van der Waals surface area contributed by atoms with Crippen molar-refractivity contribution in [1.82, 2.24) is 14.9 Å². The van der Waals surface area contributed by atoms with Crippen LogP contribution < -0.4 is 10.9 Å². The molecule has 1 amide bonds. The molecule has 1 aromatic heterocycles. The Morgan fingerprint density at radius 2 is 1.97 bits per heavy atom. The van der Waals surface area contributed by atoms with Crippen molar-refractivity contribution < 1.29 is 9.53 Å². The number of para-hydroxylation sites is 1. The molecule has 0 saturated carbocycles. The van der Waals surface area contributed by atoms with E-state index in [1.165, 1.54) is 22.9 Å². The highest BCUT2D eigenvalue weighted by Gasteiger charge is 2.26. The third-order valence-electron chi connectivity index (χ3n) is 5.96. The summed E-state index contributed by atoms with van der Waals surface area (Å²) in [6, 6.07) is 15.4. The number of benzene rings is 2. The Hall–Kier alpha value is -2.64. The molecule has 2 aromatic carbocycles. The number of nitrogens with one attached hydrogen (secondary N) is 1. The highest BCUT2D eigenvalue weighted by Crippen LogP contribution is 2.31. The first-order valence-corrected chi connectivity index (χ1v) is 11.9. The molecule has 6 nitrogen and oxygen atoms in total. The zero-order chi connectivity index (χ0) is 22.7. The summed E-state index contributed by atoms with van der Waals surface area (Å²) >= 11 is 1.32. The topological polar surface area (TPSA) is 73.2 Å². The van der Waals surface area contributed by atoms with Gasteiger partial charge in [0.2, 0.25) is 5.91 Å². The fourth-order valence-electron chi connectivity index (χ4n) is 4.32. The van der Waals surface area contributed by atoms with E-state index in [1.54, 1.807) is 17.7 Å². The highest BCUT2D eigenvalue weighted by atomic mass is 32.2. The molecular weight excluding hydrogens is 422 g/mol.